The van der Waals surface area contributed by atoms with E-state index in [9.17, 15) is 4.79 Å². The molecule has 4 nitrogen and oxygen atoms in total. The van der Waals surface area contributed by atoms with Crippen molar-refractivity contribution < 1.29 is 9.21 Å². The van der Waals surface area contributed by atoms with Gasteiger partial charge < -0.3 is 14.6 Å². The highest BCUT2D eigenvalue weighted by molar-refractivity contribution is 7.07. The van der Waals surface area contributed by atoms with Crippen LogP contribution in [-0.2, 0) is 6.54 Å². The zero-order valence-corrected chi connectivity index (χ0v) is 14.2. The molecule has 2 aliphatic rings. The van der Waals surface area contributed by atoms with Crippen molar-refractivity contribution in [1.82, 2.24) is 10.2 Å². The maximum Gasteiger partial charge on any atom is 0.290 e. The van der Waals surface area contributed by atoms with Crippen LogP contribution in [0.2, 0.25) is 0 Å². The molecule has 1 aliphatic heterocycles. The number of furan rings is 1. The summed E-state index contributed by atoms with van der Waals surface area (Å²) in [4.78, 5) is 15.1. The SMILES string of the molecule is Cc1ccoc1C(=O)N(Cc1ccsc1)[C@@H]1CC12CCNCC2. The van der Waals surface area contributed by atoms with Gasteiger partial charge in [0.25, 0.3) is 5.91 Å². The van der Waals surface area contributed by atoms with Crippen LogP contribution in [0.1, 0.15) is 40.9 Å². The lowest BCUT2D eigenvalue weighted by Crippen LogP contribution is -2.39. The molecule has 1 saturated carbocycles. The standard InChI is InChI=1S/C18H22N2O2S/c1-13-2-8-22-16(13)17(21)20(11-14-3-9-23-12-14)15-10-18(15)4-6-19-7-5-18/h2-3,8-9,12,15,19H,4-7,10-11H2,1H3/t15-/m1/s1. The molecule has 0 unspecified atom stereocenters. The Morgan fingerprint density at radius 2 is 2.26 bits per heavy atom. The molecule has 0 bridgehead atoms. The minimum Gasteiger partial charge on any atom is -0.459 e. The minimum absolute atomic E-state index is 0.0408. The number of nitrogens with one attached hydrogen (secondary N) is 1. The molecule has 2 aromatic rings. The Morgan fingerprint density at radius 3 is 2.91 bits per heavy atom. The van der Waals surface area contributed by atoms with E-state index in [1.54, 1.807) is 17.6 Å². The number of rotatable bonds is 4. The topological polar surface area (TPSA) is 45.5 Å². The van der Waals surface area contributed by atoms with Crippen LogP contribution in [0.15, 0.2) is 33.6 Å². The van der Waals surface area contributed by atoms with Crippen LogP contribution in [0.4, 0.5) is 0 Å². The molecular formula is C18H22N2O2S. The van der Waals surface area contributed by atoms with Gasteiger partial charge in [-0.25, -0.2) is 0 Å². The number of amides is 1. The van der Waals surface area contributed by atoms with Gasteiger partial charge in [-0.1, -0.05) is 0 Å². The fourth-order valence-corrected chi connectivity index (χ4v) is 4.51. The van der Waals surface area contributed by atoms with Gasteiger partial charge in [-0.15, -0.1) is 0 Å². The molecule has 4 rings (SSSR count). The molecule has 23 heavy (non-hydrogen) atoms. The summed E-state index contributed by atoms with van der Waals surface area (Å²) in [6.07, 6.45) is 5.08. The first-order valence-corrected chi connectivity index (χ1v) is 9.21. The lowest BCUT2D eigenvalue weighted by Gasteiger charge is -2.29. The Labute approximate surface area is 140 Å². The summed E-state index contributed by atoms with van der Waals surface area (Å²) in [7, 11) is 0. The first-order chi connectivity index (χ1) is 11.2. The van der Waals surface area contributed by atoms with Crippen molar-refractivity contribution in [3.63, 3.8) is 0 Å². The Morgan fingerprint density at radius 1 is 1.43 bits per heavy atom. The normalized spacial score (nSPS) is 22.2. The summed E-state index contributed by atoms with van der Waals surface area (Å²) in [6, 6.07) is 4.32. The molecule has 1 aliphatic carbocycles. The van der Waals surface area contributed by atoms with Crippen LogP contribution < -0.4 is 5.32 Å². The molecule has 5 heteroatoms. The van der Waals surface area contributed by atoms with Crippen molar-refractivity contribution in [2.24, 2.45) is 5.41 Å². The summed E-state index contributed by atoms with van der Waals surface area (Å²) in [5.74, 6) is 0.537. The second kappa shape index (κ2) is 5.80. The van der Waals surface area contributed by atoms with Crippen LogP contribution in [0, 0.1) is 12.3 Å². The fraction of sp³-hybridized carbons (Fsp3) is 0.500. The van der Waals surface area contributed by atoms with E-state index < -0.39 is 0 Å². The molecule has 1 N–H and O–H groups in total. The first-order valence-electron chi connectivity index (χ1n) is 8.26. The second-order valence-electron chi connectivity index (χ2n) is 6.83. The summed E-state index contributed by atoms with van der Waals surface area (Å²) in [6.45, 7) is 4.75. The Kier molecular flexibility index (Phi) is 3.77. The summed E-state index contributed by atoms with van der Waals surface area (Å²) in [5.41, 5.74) is 2.46. The van der Waals surface area contributed by atoms with Gasteiger partial charge >= 0.3 is 0 Å². The predicted octanol–water partition coefficient (Wildman–Crippen LogP) is 3.43. The van der Waals surface area contributed by atoms with Crippen molar-refractivity contribution in [2.45, 2.75) is 38.8 Å². The number of hydrogen-bond acceptors (Lipinski definition) is 4. The van der Waals surface area contributed by atoms with Crippen LogP contribution in [0.5, 0.6) is 0 Å². The Hall–Kier alpha value is -1.59. The average Bonchev–Trinajstić information content (AvgIpc) is 2.97. The molecule has 1 amide bonds. The maximum atomic E-state index is 13.1. The number of nitrogens with zero attached hydrogens (tertiary/aromatic N) is 1. The number of carbonyl (C=O) groups is 1. The van der Waals surface area contributed by atoms with Crippen molar-refractivity contribution in [3.05, 3.63) is 46.0 Å². The third-order valence-corrected chi connectivity index (χ3v) is 6.10. The lowest BCUT2D eigenvalue weighted by atomic mass is 9.93. The monoisotopic (exact) mass is 330 g/mol. The van der Waals surface area contributed by atoms with Gasteiger partial charge in [0, 0.05) is 18.2 Å². The highest BCUT2D eigenvalue weighted by Gasteiger charge is 2.58. The third kappa shape index (κ3) is 2.72. The molecular weight excluding hydrogens is 308 g/mol. The molecule has 0 radical (unpaired) electrons. The van der Waals surface area contributed by atoms with Crippen molar-refractivity contribution in [3.8, 4) is 0 Å². The highest BCUT2D eigenvalue weighted by atomic mass is 32.1. The zero-order chi connectivity index (χ0) is 15.9. The summed E-state index contributed by atoms with van der Waals surface area (Å²) >= 11 is 1.68. The van der Waals surface area contributed by atoms with Crippen LogP contribution in [-0.4, -0.2) is 29.9 Å². The maximum absolute atomic E-state index is 13.1. The van der Waals surface area contributed by atoms with E-state index in [0.717, 1.165) is 25.1 Å². The van der Waals surface area contributed by atoms with Crippen LogP contribution >= 0.6 is 11.3 Å². The highest BCUT2D eigenvalue weighted by Crippen LogP contribution is 2.56. The zero-order valence-electron chi connectivity index (χ0n) is 13.4. The van der Waals surface area contributed by atoms with Gasteiger partial charge in [0.2, 0.25) is 0 Å². The number of piperidine rings is 1. The molecule has 1 atom stereocenters. The van der Waals surface area contributed by atoms with Gasteiger partial charge in [0.05, 0.1) is 6.26 Å². The average molecular weight is 330 g/mol. The van der Waals surface area contributed by atoms with E-state index in [-0.39, 0.29) is 5.91 Å². The molecule has 2 fully saturated rings. The molecule has 1 spiro atoms. The smallest absolute Gasteiger partial charge is 0.290 e. The van der Waals surface area contributed by atoms with E-state index in [2.05, 4.69) is 27.0 Å². The first kappa shape index (κ1) is 15.0. The fourth-order valence-electron chi connectivity index (χ4n) is 3.85. The molecule has 3 heterocycles. The number of hydrogen-bond donors (Lipinski definition) is 1. The van der Waals surface area contributed by atoms with Crippen molar-refractivity contribution in [1.29, 1.82) is 0 Å². The largest absolute Gasteiger partial charge is 0.459 e. The van der Waals surface area contributed by atoms with Crippen LogP contribution in [0.3, 0.4) is 0 Å². The molecule has 2 aromatic heterocycles. The van der Waals surface area contributed by atoms with Gasteiger partial charge in [0.15, 0.2) is 5.76 Å². The van der Waals surface area contributed by atoms with E-state index >= 15 is 0 Å². The van der Waals surface area contributed by atoms with Crippen molar-refractivity contribution in [2.75, 3.05) is 13.1 Å². The molecule has 122 valence electrons. The molecule has 0 aromatic carbocycles. The molecule has 1 saturated heterocycles. The number of carbonyl (C=O) groups excluding carboxylic acids is 1. The lowest BCUT2D eigenvalue weighted by molar-refractivity contribution is 0.0659. The number of aryl methyl sites for hydroxylation is 1. The van der Waals surface area contributed by atoms with E-state index in [0.29, 0.717) is 23.8 Å². The summed E-state index contributed by atoms with van der Waals surface area (Å²) < 4.78 is 5.48. The van der Waals surface area contributed by atoms with Crippen molar-refractivity contribution >= 4 is 17.2 Å². The second-order valence-corrected chi connectivity index (χ2v) is 7.61. The minimum atomic E-state index is 0.0408. The predicted molar refractivity (Wildman–Crippen MR) is 90.6 cm³/mol. The third-order valence-electron chi connectivity index (χ3n) is 5.37. The number of thiophene rings is 1. The summed E-state index contributed by atoms with van der Waals surface area (Å²) in [5, 5.41) is 7.64. The Bertz CT molecular complexity index is 686. The Balaban J connectivity index is 1.59. The van der Waals surface area contributed by atoms with Gasteiger partial charge in [-0.3, -0.25) is 4.79 Å². The van der Waals surface area contributed by atoms with Gasteiger partial charge in [-0.2, -0.15) is 11.3 Å². The van der Waals surface area contributed by atoms with Gasteiger partial charge in [0.1, 0.15) is 0 Å². The quantitative estimate of drug-likeness (QED) is 0.934. The van der Waals surface area contributed by atoms with E-state index in [1.165, 1.54) is 18.4 Å². The van der Waals surface area contributed by atoms with Gasteiger partial charge in [-0.05, 0) is 73.1 Å². The van der Waals surface area contributed by atoms with E-state index in [1.807, 2.05) is 13.0 Å². The van der Waals surface area contributed by atoms with Crippen LogP contribution in [0.25, 0.3) is 0 Å². The van der Waals surface area contributed by atoms with E-state index in [4.69, 9.17) is 4.42 Å².